The summed E-state index contributed by atoms with van der Waals surface area (Å²) in [5, 5.41) is 16.7. The molecule has 1 saturated heterocycles. The zero-order chi connectivity index (χ0) is 19.6. The molecule has 0 bridgehead atoms. The van der Waals surface area contributed by atoms with Gasteiger partial charge in [0.2, 0.25) is 0 Å². The Morgan fingerprint density at radius 1 is 1.41 bits per heavy atom. The van der Waals surface area contributed by atoms with Gasteiger partial charge in [0.15, 0.2) is 5.11 Å². The van der Waals surface area contributed by atoms with Crippen LogP contribution in [0.4, 0.5) is 5.69 Å². The number of aromatic nitrogens is 2. The highest BCUT2D eigenvalue weighted by atomic mass is 35.5. The van der Waals surface area contributed by atoms with Crippen molar-refractivity contribution in [3.8, 4) is 0 Å². The SMILES string of the molecule is Cc1cn([C@H]2C[C@H](NC(=S)Nc3ccc(Cl)cc3)[C@@H](CO)O2)c(=O)[nH]c1=O. The summed E-state index contributed by atoms with van der Waals surface area (Å²) in [7, 11) is 0. The van der Waals surface area contributed by atoms with Gasteiger partial charge in [-0.15, -0.1) is 0 Å². The van der Waals surface area contributed by atoms with Crippen LogP contribution in [0.2, 0.25) is 5.02 Å². The van der Waals surface area contributed by atoms with Gasteiger partial charge in [-0.25, -0.2) is 4.79 Å². The Bertz CT molecular complexity index is 943. The first-order chi connectivity index (χ1) is 12.9. The Hall–Kier alpha value is -2.20. The van der Waals surface area contributed by atoms with E-state index in [-0.39, 0.29) is 12.6 Å². The Kier molecular flexibility index (Phi) is 5.95. The Balaban J connectivity index is 1.70. The lowest BCUT2D eigenvalue weighted by Crippen LogP contribution is -2.43. The van der Waals surface area contributed by atoms with E-state index in [1.165, 1.54) is 10.8 Å². The van der Waals surface area contributed by atoms with Crippen LogP contribution in [0.15, 0.2) is 40.1 Å². The molecule has 1 aliphatic rings. The molecular formula is C17H19ClN4O4S. The maximum atomic E-state index is 12.1. The molecule has 0 radical (unpaired) electrons. The summed E-state index contributed by atoms with van der Waals surface area (Å²) in [6.07, 6.45) is 0.659. The van der Waals surface area contributed by atoms with Crippen LogP contribution >= 0.6 is 23.8 Å². The average Bonchev–Trinajstić information content (AvgIpc) is 3.02. The van der Waals surface area contributed by atoms with Crippen LogP contribution < -0.4 is 21.9 Å². The third kappa shape index (κ3) is 4.56. The number of halogens is 1. The van der Waals surface area contributed by atoms with E-state index in [4.69, 9.17) is 28.6 Å². The fourth-order valence-corrected chi connectivity index (χ4v) is 3.29. The molecule has 3 rings (SSSR count). The number of rotatable bonds is 4. The van der Waals surface area contributed by atoms with E-state index in [0.29, 0.717) is 22.1 Å². The highest BCUT2D eigenvalue weighted by Crippen LogP contribution is 2.27. The third-order valence-corrected chi connectivity index (χ3v) is 4.76. The molecule has 27 heavy (non-hydrogen) atoms. The van der Waals surface area contributed by atoms with Gasteiger partial charge in [-0.3, -0.25) is 14.3 Å². The highest BCUT2D eigenvalue weighted by Gasteiger charge is 2.36. The average molecular weight is 411 g/mol. The van der Waals surface area contributed by atoms with E-state index < -0.39 is 23.6 Å². The zero-order valence-corrected chi connectivity index (χ0v) is 16.0. The van der Waals surface area contributed by atoms with Crippen molar-refractivity contribution in [3.63, 3.8) is 0 Å². The molecular weight excluding hydrogens is 392 g/mol. The smallest absolute Gasteiger partial charge is 0.330 e. The number of aryl methyl sites for hydroxylation is 1. The zero-order valence-electron chi connectivity index (χ0n) is 14.4. The number of ether oxygens (including phenoxy) is 1. The van der Waals surface area contributed by atoms with Crippen LogP contribution in [-0.2, 0) is 4.74 Å². The molecule has 0 amide bonds. The van der Waals surface area contributed by atoms with E-state index >= 15 is 0 Å². The van der Waals surface area contributed by atoms with Gasteiger partial charge in [-0.05, 0) is 43.4 Å². The van der Waals surface area contributed by atoms with Crippen molar-refractivity contribution < 1.29 is 9.84 Å². The topological polar surface area (TPSA) is 108 Å². The number of H-pyrrole nitrogens is 1. The first kappa shape index (κ1) is 19.6. The number of nitrogens with one attached hydrogen (secondary N) is 3. The highest BCUT2D eigenvalue weighted by molar-refractivity contribution is 7.80. The van der Waals surface area contributed by atoms with Gasteiger partial charge >= 0.3 is 5.69 Å². The number of benzene rings is 1. The van der Waals surface area contributed by atoms with Crippen LogP contribution in [0.5, 0.6) is 0 Å². The van der Waals surface area contributed by atoms with Crippen LogP contribution in [0.3, 0.4) is 0 Å². The minimum Gasteiger partial charge on any atom is -0.394 e. The largest absolute Gasteiger partial charge is 0.394 e. The van der Waals surface area contributed by atoms with E-state index in [0.717, 1.165) is 5.69 Å². The summed E-state index contributed by atoms with van der Waals surface area (Å²) in [5.74, 6) is 0. The van der Waals surface area contributed by atoms with Gasteiger partial charge in [-0.1, -0.05) is 11.6 Å². The quantitative estimate of drug-likeness (QED) is 0.559. The van der Waals surface area contributed by atoms with E-state index in [1.807, 2.05) is 0 Å². The second-order valence-electron chi connectivity index (χ2n) is 6.24. The lowest BCUT2D eigenvalue weighted by molar-refractivity contribution is -0.0281. The normalized spacial score (nSPS) is 21.8. The fraction of sp³-hybridized carbons (Fsp3) is 0.353. The molecule has 144 valence electrons. The summed E-state index contributed by atoms with van der Waals surface area (Å²) in [5.41, 5.74) is 0.168. The Labute approximate surface area is 165 Å². The van der Waals surface area contributed by atoms with E-state index in [1.54, 1.807) is 31.2 Å². The second-order valence-corrected chi connectivity index (χ2v) is 7.08. The number of hydrogen-bond donors (Lipinski definition) is 4. The maximum Gasteiger partial charge on any atom is 0.330 e. The maximum absolute atomic E-state index is 12.1. The summed E-state index contributed by atoms with van der Waals surface area (Å²) in [6, 6.07) is 6.74. The fourth-order valence-electron chi connectivity index (χ4n) is 2.89. The molecule has 0 spiro atoms. The van der Waals surface area contributed by atoms with E-state index in [2.05, 4.69) is 15.6 Å². The van der Waals surface area contributed by atoms with Gasteiger partial charge in [-0.2, -0.15) is 0 Å². The van der Waals surface area contributed by atoms with Crippen molar-refractivity contribution >= 4 is 34.6 Å². The van der Waals surface area contributed by atoms with Gasteiger partial charge in [0, 0.05) is 28.9 Å². The second kappa shape index (κ2) is 8.22. The first-order valence-corrected chi connectivity index (χ1v) is 9.07. The molecule has 1 aromatic heterocycles. The monoisotopic (exact) mass is 410 g/mol. The van der Waals surface area contributed by atoms with Gasteiger partial charge in [0.05, 0.1) is 12.6 Å². The third-order valence-electron chi connectivity index (χ3n) is 4.29. The minimum absolute atomic E-state index is 0.241. The molecule has 0 unspecified atom stereocenters. The molecule has 0 aliphatic carbocycles. The standard InChI is InChI=1S/C17H19ClN4O4S/c1-9-7-22(17(25)21-15(9)24)14-6-12(13(8-23)26-14)20-16(27)19-11-4-2-10(18)3-5-11/h2-5,7,12-14,23H,6,8H2,1H3,(H2,19,20,27)(H,21,24,25)/t12-,13+,14+/m0/s1. The van der Waals surface area contributed by atoms with Crippen LogP contribution in [0.1, 0.15) is 18.2 Å². The predicted octanol–water partition coefficient (Wildman–Crippen LogP) is 1.13. The van der Waals surface area contributed by atoms with Crippen LogP contribution in [0.25, 0.3) is 0 Å². The molecule has 1 aliphatic heterocycles. The number of anilines is 1. The molecule has 1 fully saturated rings. The Morgan fingerprint density at radius 2 is 2.11 bits per heavy atom. The number of aliphatic hydroxyl groups excluding tert-OH is 1. The first-order valence-electron chi connectivity index (χ1n) is 8.29. The van der Waals surface area contributed by atoms with Gasteiger partial charge in [0.25, 0.3) is 5.56 Å². The number of thiocarbonyl (C=S) groups is 1. The molecule has 0 saturated carbocycles. The summed E-state index contributed by atoms with van der Waals surface area (Å²) in [4.78, 5) is 25.9. The van der Waals surface area contributed by atoms with Crippen molar-refractivity contribution in [3.05, 3.63) is 61.9 Å². The number of aliphatic hydroxyl groups is 1. The van der Waals surface area contributed by atoms with Crippen molar-refractivity contribution in [2.45, 2.75) is 31.7 Å². The number of nitrogens with zero attached hydrogens (tertiary/aromatic N) is 1. The van der Waals surface area contributed by atoms with Gasteiger partial charge in [0.1, 0.15) is 12.3 Å². The summed E-state index contributed by atoms with van der Waals surface area (Å²) in [6.45, 7) is 1.36. The lowest BCUT2D eigenvalue weighted by atomic mass is 10.1. The molecule has 4 N–H and O–H groups in total. The molecule has 2 heterocycles. The predicted molar refractivity (Wildman–Crippen MR) is 106 cm³/mol. The van der Waals surface area contributed by atoms with Crippen molar-refractivity contribution in [1.29, 1.82) is 0 Å². The van der Waals surface area contributed by atoms with Crippen LogP contribution in [0, 0.1) is 6.92 Å². The molecule has 8 nitrogen and oxygen atoms in total. The minimum atomic E-state index is -0.624. The molecule has 1 aromatic carbocycles. The summed E-state index contributed by atoms with van der Waals surface area (Å²) >= 11 is 11.2. The van der Waals surface area contributed by atoms with Crippen molar-refractivity contribution in [1.82, 2.24) is 14.9 Å². The van der Waals surface area contributed by atoms with Crippen molar-refractivity contribution in [2.24, 2.45) is 0 Å². The molecule has 10 heteroatoms. The molecule has 3 atom stereocenters. The van der Waals surface area contributed by atoms with Crippen LogP contribution in [-0.4, -0.2) is 38.5 Å². The number of aromatic amines is 1. The lowest BCUT2D eigenvalue weighted by Gasteiger charge is -2.19. The number of hydrogen-bond acceptors (Lipinski definition) is 5. The van der Waals surface area contributed by atoms with Gasteiger partial charge < -0.3 is 20.5 Å². The van der Waals surface area contributed by atoms with E-state index in [9.17, 15) is 14.7 Å². The molecule has 2 aromatic rings. The van der Waals surface area contributed by atoms with Crippen molar-refractivity contribution in [2.75, 3.05) is 11.9 Å². The Morgan fingerprint density at radius 3 is 2.78 bits per heavy atom. The summed E-state index contributed by atoms with van der Waals surface area (Å²) < 4.78 is 7.09.